The van der Waals surface area contributed by atoms with E-state index in [-0.39, 0.29) is 0 Å². The fourth-order valence-electron chi connectivity index (χ4n) is 1.39. The summed E-state index contributed by atoms with van der Waals surface area (Å²) >= 11 is 0. The second-order valence-corrected chi connectivity index (χ2v) is 3.46. The van der Waals surface area contributed by atoms with Gasteiger partial charge in [0.05, 0.1) is 18.8 Å². The van der Waals surface area contributed by atoms with Crippen LogP contribution in [0.5, 0.6) is 0 Å². The summed E-state index contributed by atoms with van der Waals surface area (Å²) in [5, 5.41) is 7.80. The third kappa shape index (κ3) is 3.51. The van der Waals surface area contributed by atoms with Crippen molar-refractivity contribution in [3.63, 3.8) is 0 Å². The summed E-state index contributed by atoms with van der Waals surface area (Å²) in [7, 11) is 0. The Labute approximate surface area is 90.6 Å². The van der Waals surface area contributed by atoms with Crippen LogP contribution in [0.2, 0.25) is 0 Å². The van der Waals surface area contributed by atoms with Gasteiger partial charge in [0, 0.05) is 6.61 Å². The van der Waals surface area contributed by atoms with Gasteiger partial charge in [0.25, 0.3) is 0 Å². The van der Waals surface area contributed by atoms with E-state index in [0.29, 0.717) is 12.4 Å². The van der Waals surface area contributed by atoms with E-state index >= 15 is 0 Å². The van der Waals surface area contributed by atoms with E-state index in [1.165, 1.54) is 0 Å². The van der Waals surface area contributed by atoms with Crippen molar-refractivity contribution in [2.24, 2.45) is 0 Å². The third-order valence-corrected chi connectivity index (χ3v) is 2.29. The summed E-state index contributed by atoms with van der Waals surface area (Å²) in [5.74, 6) is 0.533. The Morgan fingerprint density at radius 1 is 1.33 bits per heavy atom. The number of anilines is 1. The largest absolute Gasteiger partial charge is 0.381 e. The molecule has 0 saturated heterocycles. The lowest BCUT2D eigenvalue weighted by Crippen LogP contribution is -2.11. The highest BCUT2D eigenvalue weighted by atomic mass is 16.5. The normalized spacial score (nSPS) is 10.8. The molecule has 1 rings (SSSR count). The number of unbranched alkanes of at least 4 members (excludes halogenated alkanes) is 1. The fraction of sp³-hybridized carbons (Fsp3) is 0.800. The molecule has 0 atom stereocenters. The zero-order valence-corrected chi connectivity index (χ0v) is 9.57. The summed E-state index contributed by atoms with van der Waals surface area (Å²) in [6.45, 7) is 6.43. The van der Waals surface area contributed by atoms with Crippen molar-refractivity contribution in [2.45, 2.75) is 39.7 Å². The molecule has 0 saturated carbocycles. The van der Waals surface area contributed by atoms with E-state index in [2.05, 4.69) is 17.2 Å². The van der Waals surface area contributed by atoms with Crippen LogP contribution in [-0.4, -0.2) is 28.2 Å². The highest BCUT2D eigenvalue weighted by Crippen LogP contribution is 2.07. The Hall–Kier alpha value is -1.10. The monoisotopic (exact) mass is 212 g/mol. The molecule has 0 fully saturated rings. The lowest BCUT2D eigenvalue weighted by atomic mass is 10.3. The maximum Gasteiger partial charge on any atom is 0.169 e. The van der Waals surface area contributed by atoms with Crippen LogP contribution in [0.15, 0.2) is 0 Å². The summed E-state index contributed by atoms with van der Waals surface area (Å²) in [5.41, 5.74) is 6.66. The third-order valence-electron chi connectivity index (χ3n) is 2.29. The van der Waals surface area contributed by atoms with Crippen LogP contribution < -0.4 is 5.73 Å². The molecular weight excluding hydrogens is 192 g/mol. The summed E-state index contributed by atoms with van der Waals surface area (Å²) in [6.07, 6.45) is 3.13. The average molecular weight is 212 g/mol. The molecule has 15 heavy (non-hydrogen) atoms. The number of nitrogen functional groups attached to an aromatic ring is 1. The van der Waals surface area contributed by atoms with E-state index in [1.54, 1.807) is 0 Å². The van der Waals surface area contributed by atoms with E-state index in [4.69, 9.17) is 10.5 Å². The lowest BCUT2D eigenvalue weighted by Gasteiger charge is -2.05. The van der Waals surface area contributed by atoms with Crippen molar-refractivity contribution in [3.05, 3.63) is 5.69 Å². The molecule has 0 spiro atoms. The van der Waals surface area contributed by atoms with Gasteiger partial charge in [-0.1, -0.05) is 25.5 Å². The van der Waals surface area contributed by atoms with Crippen LogP contribution in [0.25, 0.3) is 0 Å². The summed E-state index contributed by atoms with van der Waals surface area (Å²) in [4.78, 5) is 0. The van der Waals surface area contributed by atoms with Crippen molar-refractivity contribution in [1.29, 1.82) is 0 Å². The first-order chi connectivity index (χ1) is 7.29. The molecule has 0 aromatic carbocycles. The van der Waals surface area contributed by atoms with Crippen LogP contribution in [-0.2, 0) is 17.7 Å². The van der Waals surface area contributed by atoms with E-state index < -0.39 is 0 Å². The van der Waals surface area contributed by atoms with Crippen molar-refractivity contribution in [1.82, 2.24) is 15.0 Å². The zero-order chi connectivity index (χ0) is 11.1. The molecule has 5 heteroatoms. The number of nitrogens with zero attached hydrogens (tertiary/aromatic N) is 3. The lowest BCUT2D eigenvalue weighted by molar-refractivity contribution is 0.120. The van der Waals surface area contributed by atoms with Crippen molar-refractivity contribution in [3.8, 4) is 0 Å². The quantitative estimate of drug-likeness (QED) is 0.690. The van der Waals surface area contributed by atoms with Gasteiger partial charge >= 0.3 is 0 Å². The smallest absolute Gasteiger partial charge is 0.169 e. The standard InChI is InChI=1S/C10H20N4O/c1-3-5-7-15-8-6-14-9(4-2)10(11)12-13-14/h3-8,11H2,1-2H3. The van der Waals surface area contributed by atoms with Gasteiger partial charge in [-0.3, -0.25) is 0 Å². The van der Waals surface area contributed by atoms with E-state index in [1.807, 2.05) is 11.6 Å². The van der Waals surface area contributed by atoms with Crippen LogP contribution in [0, 0.1) is 0 Å². The molecule has 0 aliphatic carbocycles. The Balaban J connectivity index is 2.30. The van der Waals surface area contributed by atoms with Crippen LogP contribution >= 0.6 is 0 Å². The summed E-state index contributed by atoms with van der Waals surface area (Å²) < 4.78 is 7.28. The van der Waals surface area contributed by atoms with Crippen LogP contribution in [0.3, 0.4) is 0 Å². The number of aromatic nitrogens is 3. The maximum absolute atomic E-state index is 5.67. The minimum Gasteiger partial charge on any atom is -0.381 e. The van der Waals surface area contributed by atoms with Gasteiger partial charge in [-0.05, 0) is 12.8 Å². The molecule has 0 aliphatic rings. The molecule has 1 aromatic rings. The van der Waals surface area contributed by atoms with Gasteiger partial charge in [0.1, 0.15) is 0 Å². The Morgan fingerprint density at radius 3 is 2.80 bits per heavy atom. The number of nitrogens with two attached hydrogens (primary N) is 1. The first-order valence-corrected chi connectivity index (χ1v) is 5.55. The molecule has 2 N–H and O–H groups in total. The van der Waals surface area contributed by atoms with Gasteiger partial charge in [0.15, 0.2) is 5.82 Å². The molecule has 86 valence electrons. The van der Waals surface area contributed by atoms with E-state index in [9.17, 15) is 0 Å². The Bertz CT molecular complexity index is 285. The molecule has 0 unspecified atom stereocenters. The minimum atomic E-state index is 0.533. The molecule has 0 bridgehead atoms. The predicted octanol–water partition coefficient (Wildman–Crippen LogP) is 1.24. The highest BCUT2D eigenvalue weighted by molar-refractivity contribution is 5.32. The Kier molecular flexibility index (Phi) is 5.10. The molecule has 0 aliphatic heterocycles. The first kappa shape index (κ1) is 12.0. The molecular formula is C10H20N4O. The van der Waals surface area contributed by atoms with Crippen molar-refractivity contribution in [2.75, 3.05) is 18.9 Å². The van der Waals surface area contributed by atoms with Gasteiger partial charge in [-0.25, -0.2) is 4.68 Å². The van der Waals surface area contributed by atoms with Gasteiger partial charge in [0.2, 0.25) is 0 Å². The number of hydrogen-bond acceptors (Lipinski definition) is 4. The average Bonchev–Trinajstić information content (AvgIpc) is 2.59. The van der Waals surface area contributed by atoms with Gasteiger partial charge in [-0.2, -0.15) is 0 Å². The van der Waals surface area contributed by atoms with Crippen LogP contribution in [0.4, 0.5) is 5.82 Å². The van der Waals surface area contributed by atoms with Crippen molar-refractivity contribution >= 4 is 5.82 Å². The van der Waals surface area contributed by atoms with Crippen molar-refractivity contribution < 1.29 is 4.74 Å². The summed E-state index contributed by atoms with van der Waals surface area (Å²) in [6, 6.07) is 0. The second-order valence-electron chi connectivity index (χ2n) is 3.46. The maximum atomic E-state index is 5.67. The molecule has 0 radical (unpaired) electrons. The Morgan fingerprint density at radius 2 is 2.13 bits per heavy atom. The molecule has 1 aromatic heterocycles. The first-order valence-electron chi connectivity index (χ1n) is 5.55. The molecule has 0 amide bonds. The molecule has 1 heterocycles. The molecule has 5 nitrogen and oxygen atoms in total. The number of hydrogen-bond donors (Lipinski definition) is 1. The second kappa shape index (κ2) is 6.40. The van der Waals surface area contributed by atoms with E-state index in [0.717, 1.165) is 38.1 Å². The zero-order valence-electron chi connectivity index (χ0n) is 9.57. The minimum absolute atomic E-state index is 0.533. The fourth-order valence-corrected chi connectivity index (χ4v) is 1.39. The number of ether oxygens (including phenoxy) is 1. The van der Waals surface area contributed by atoms with Gasteiger partial charge in [-0.15, -0.1) is 5.10 Å². The SMILES string of the molecule is CCCCOCCn1nnc(N)c1CC. The number of rotatable bonds is 7. The highest BCUT2D eigenvalue weighted by Gasteiger charge is 2.06. The van der Waals surface area contributed by atoms with Gasteiger partial charge < -0.3 is 10.5 Å². The van der Waals surface area contributed by atoms with Crippen LogP contribution in [0.1, 0.15) is 32.4 Å². The predicted molar refractivity (Wildman–Crippen MR) is 59.5 cm³/mol. The topological polar surface area (TPSA) is 66.0 Å².